The maximum atomic E-state index is 12.2. The van der Waals surface area contributed by atoms with Gasteiger partial charge < -0.3 is 5.32 Å². The topological polar surface area (TPSA) is 108 Å². The number of anilines is 2. The first kappa shape index (κ1) is 17.7. The molecule has 1 aromatic carbocycles. The summed E-state index contributed by atoms with van der Waals surface area (Å²) in [6.45, 7) is 1.38. The summed E-state index contributed by atoms with van der Waals surface area (Å²) in [4.78, 5) is 32.5. The number of amides is 2. The van der Waals surface area contributed by atoms with Crippen LogP contribution in [0.15, 0.2) is 35.8 Å². The number of carbonyl (C=O) groups excluding carboxylic acids is 2. The fraction of sp³-hybridized carbons (Fsp3) is 0.118. The molecule has 3 rings (SSSR count). The molecule has 0 spiro atoms. The second-order valence-corrected chi connectivity index (χ2v) is 7.26. The van der Waals surface area contributed by atoms with E-state index in [0.717, 1.165) is 10.4 Å². The Hall–Kier alpha value is -3.09. The van der Waals surface area contributed by atoms with Crippen LogP contribution in [-0.2, 0) is 11.2 Å². The van der Waals surface area contributed by atoms with Gasteiger partial charge in [-0.05, 0) is 17.7 Å². The minimum absolute atomic E-state index is 0.225. The van der Waals surface area contributed by atoms with Gasteiger partial charge in [-0.2, -0.15) is 5.26 Å². The Morgan fingerprint density at radius 3 is 2.65 bits per heavy atom. The standard InChI is InChI=1S/C17H13N5O2S2/c1-10(23)20-17-21-14(9-25-17)15(24)22-16-19-8-13(26-16)6-11-2-4-12(7-18)5-3-11/h2-5,8-9H,6H2,1H3,(H,19,22,24)(H,20,21,23). The van der Waals surface area contributed by atoms with Gasteiger partial charge in [0.05, 0.1) is 11.6 Å². The number of rotatable bonds is 5. The van der Waals surface area contributed by atoms with E-state index in [2.05, 4.69) is 26.7 Å². The molecule has 0 fully saturated rings. The Morgan fingerprint density at radius 1 is 1.19 bits per heavy atom. The zero-order valence-electron chi connectivity index (χ0n) is 13.6. The van der Waals surface area contributed by atoms with E-state index in [-0.39, 0.29) is 17.5 Å². The molecule has 9 heteroatoms. The Labute approximate surface area is 157 Å². The first-order valence-corrected chi connectivity index (χ1v) is 9.21. The molecule has 0 radical (unpaired) electrons. The Morgan fingerprint density at radius 2 is 1.96 bits per heavy atom. The molecule has 0 bridgehead atoms. The lowest BCUT2D eigenvalue weighted by atomic mass is 10.1. The SMILES string of the molecule is CC(=O)Nc1nc(C(=O)Nc2ncc(Cc3ccc(C#N)cc3)s2)cs1. The van der Waals surface area contributed by atoms with Crippen molar-refractivity contribution >= 4 is 44.8 Å². The minimum atomic E-state index is -0.378. The molecule has 0 unspecified atom stereocenters. The van der Waals surface area contributed by atoms with Crippen LogP contribution < -0.4 is 10.6 Å². The van der Waals surface area contributed by atoms with Gasteiger partial charge in [-0.15, -0.1) is 22.7 Å². The van der Waals surface area contributed by atoms with Crippen LogP contribution in [0.4, 0.5) is 10.3 Å². The number of nitriles is 1. The van der Waals surface area contributed by atoms with Gasteiger partial charge in [0.1, 0.15) is 5.69 Å². The second kappa shape index (κ2) is 7.86. The number of nitrogens with one attached hydrogen (secondary N) is 2. The smallest absolute Gasteiger partial charge is 0.276 e. The molecule has 2 heterocycles. The van der Waals surface area contributed by atoms with Gasteiger partial charge in [0.25, 0.3) is 5.91 Å². The van der Waals surface area contributed by atoms with Crippen molar-refractivity contribution in [3.8, 4) is 6.07 Å². The average Bonchev–Trinajstić information content (AvgIpc) is 3.25. The molecule has 2 N–H and O–H groups in total. The highest BCUT2D eigenvalue weighted by Crippen LogP contribution is 2.23. The molecule has 0 atom stereocenters. The maximum Gasteiger partial charge on any atom is 0.276 e. The van der Waals surface area contributed by atoms with E-state index in [1.54, 1.807) is 23.7 Å². The van der Waals surface area contributed by atoms with Crippen molar-refractivity contribution in [3.63, 3.8) is 0 Å². The van der Waals surface area contributed by atoms with Crippen LogP contribution >= 0.6 is 22.7 Å². The second-order valence-electron chi connectivity index (χ2n) is 5.29. The molecule has 0 saturated heterocycles. The molecule has 2 amide bonds. The van der Waals surface area contributed by atoms with E-state index in [1.807, 2.05) is 12.1 Å². The van der Waals surface area contributed by atoms with Gasteiger partial charge in [-0.25, -0.2) is 9.97 Å². The van der Waals surface area contributed by atoms with Crippen LogP contribution in [0.1, 0.15) is 33.4 Å². The molecule has 3 aromatic rings. The number of hydrogen-bond acceptors (Lipinski definition) is 7. The lowest BCUT2D eigenvalue weighted by Crippen LogP contribution is -2.12. The lowest BCUT2D eigenvalue weighted by molar-refractivity contribution is -0.114. The average molecular weight is 383 g/mol. The molecular weight excluding hydrogens is 370 g/mol. The van der Waals surface area contributed by atoms with Gasteiger partial charge in [-0.3, -0.25) is 14.9 Å². The molecule has 0 aliphatic rings. The largest absolute Gasteiger partial charge is 0.302 e. The highest BCUT2D eigenvalue weighted by atomic mass is 32.1. The zero-order valence-corrected chi connectivity index (χ0v) is 15.3. The molecule has 0 aliphatic carbocycles. The van der Waals surface area contributed by atoms with Gasteiger partial charge in [0, 0.05) is 29.8 Å². The Balaban J connectivity index is 1.62. The third kappa shape index (κ3) is 4.50. The summed E-state index contributed by atoms with van der Waals surface area (Å²) in [6.07, 6.45) is 2.38. The number of carbonyl (C=O) groups is 2. The van der Waals surface area contributed by atoms with Crippen molar-refractivity contribution in [2.45, 2.75) is 13.3 Å². The zero-order chi connectivity index (χ0) is 18.5. The van der Waals surface area contributed by atoms with E-state index in [9.17, 15) is 9.59 Å². The van der Waals surface area contributed by atoms with Crippen LogP contribution in [0.3, 0.4) is 0 Å². The fourth-order valence-electron chi connectivity index (χ4n) is 2.09. The number of hydrogen-bond donors (Lipinski definition) is 2. The number of thiazole rings is 2. The molecule has 0 saturated carbocycles. The monoisotopic (exact) mass is 383 g/mol. The summed E-state index contributed by atoms with van der Waals surface area (Å²) in [5, 5.41) is 16.5. The predicted molar refractivity (Wildman–Crippen MR) is 100 cm³/mol. The summed E-state index contributed by atoms with van der Waals surface area (Å²) >= 11 is 2.56. The van der Waals surface area contributed by atoms with E-state index in [0.29, 0.717) is 22.2 Å². The maximum absolute atomic E-state index is 12.2. The van der Waals surface area contributed by atoms with E-state index in [1.165, 1.54) is 29.6 Å². The lowest BCUT2D eigenvalue weighted by Gasteiger charge is -1.99. The summed E-state index contributed by atoms with van der Waals surface area (Å²) in [5.74, 6) is -0.615. The highest BCUT2D eigenvalue weighted by Gasteiger charge is 2.13. The van der Waals surface area contributed by atoms with Crippen molar-refractivity contribution in [2.75, 3.05) is 10.6 Å². The summed E-state index contributed by atoms with van der Waals surface area (Å²) in [5.41, 5.74) is 1.90. The van der Waals surface area contributed by atoms with Gasteiger partial charge in [-0.1, -0.05) is 12.1 Å². The van der Waals surface area contributed by atoms with Crippen molar-refractivity contribution < 1.29 is 9.59 Å². The third-order valence-electron chi connectivity index (χ3n) is 3.26. The van der Waals surface area contributed by atoms with Crippen LogP contribution in [0, 0.1) is 11.3 Å². The molecular formula is C17H13N5O2S2. The van der Waals surface area contributed by atoms with Crippen LogP contribution in [0.2, 0.25) is 0 Å². The van der Waals surface area contributed by atoms with Crippen molar-refractivity contribution in [3.05, 3.63) is 57.5 Å². The number of aromatic nitrogens is 2. The van der Waals surface area contributed by atoms with Crippen LogP contribution in [-0.4, -0.2) is 21.8 Å². The predicted octanol–water partition coefficient (Wildman–Crippen LogP) is 3.27. The molecule has 0 aliphatic heterocycles. The highest BCUT2D eigenvalue weighted by molar-refractivity contribution is 7.15. The van der Waals surface area contributed by atoms with Crippen molar-refractivity contribution in [2.24, 2.45) is 0 Å². The minimum Gasteiger partial charge on any atom is -0.302 e. The fourth-order valence-corrected chi connectivity index (χ4v) is 3.67. The molecule has 7 nitrogen and oxygen atoms in total. The normalized spacial score (nSPS) is 10.2. The first-order chi connectivity index (χ1) is 12.5. The number of nitrogens with zero attached hydrogens (tertiary/aromatic N) is 3. The van der Waals surface area contributed by atoms with Gasteiger partial charge >= 0.3 is 0 Å². The third-order valence-corrected chi connectivity index (χ3v) is 4.93. The summed E-state index contributed by atoms with van der Waals surface area (Å²) in [6, 6.07) is 9.43. The molecule has 130 valence electrons. The summed E-state index contributed by atoms with van der Waals surface area (Å²) in [7, 11) is 0. The van der Waals surface area contributed by atoms with E-state index in [4.69, 9.17) is 5.26 Å². The Kier molecular flexibility index (Phi) is 5.36. The molecule has 2 aromatic heterocycles. The van der Waals surface area contributed by atoms with Crippen LogP contribution in [0.25, 0.3) is 0 Å². The van der Waals surface area contributed by atoms with Gasteiger partial charge in [0.15, 0.2) is 10.3 Å². The van der Waals surface area contributed by atoms with Crippen molar-refractivity contribution in [1.82, 2.24) is 9.97 Å². The van der Waals surface area contributed by atoms with Crippen LogP contribution in [0.5, 0.6) is 0 Å². The quantitative estimate of drug-likeness (QED) is 0.703. The Bertz CT molecular complexity index is 985. The molecule has 26 heavy (non-hydrogen) atoms. The van der Waals surface area contributed by atoms with E-state index < -0.39 is 0 Å². The first-order valence-electron chi connectivity index (χ1n) is 7.51. The van der Waals surface area contributed by atoms with E-state index >= 15 is 0 Å². The summed E-state index contributed by atoms with van der Waals surface area (Å²) < 4.78 is 0. The van der Waals surface area contributed by atoms with Crippen molar-refractivity contribution in [1.29, 1.82) is 5.26 Å². The van der Waals surface area contributed by atoms with Gasteiger partial charge in [0.2, 0.25) is 5.91 Å². The number of benzene rings is 1.